The minimum atomic E-state index is -4.42. The Hall–Kier alpha value is -1.89. The number of halogens is 3. The third-order valence-corrected chi connectivity index (χ3v) is 2.99. The summed E-state index contributed by atoms with van der Waals surface area (Å²) in [4.78, 5) is 4.05. The lowest BCUT2D eigenvalue weighted by molar-refractivity contribution is -0.137. The number of aliphatic hydroxyl groups excluding tert-OH is 1. The van der Waals surface area contributed by atoms with Crippen molar-refractivity contribution in [2.24, 2.45) is 5.92 Å². The average molecular weight is 299 g/mol. The summed E-state index contributed by atoms with van der Waals surface area (Å²) in [5, 5.41) is 13.6. The van der Waals surface area contributed by atoms with E-state index >= 15 is 0 Å². The third-order valence-electron chi connectivity index (χ3n) is 2.99. The van der Waals surface area contributed by atoms with Crippen LogP contribution in [-0.4, -0.2) is 19.9 Å². The first-order valence-electron chi connectivity index (χ1n) is 6.53. The van der Waals surface area contributed by atoms with E-state index < -0.39 is 17.8 Å². The van der Waals surface area contributed by atoms with Gasteiger partial charge in [-0.1, -0.05) is 19.9 Å². The molecular weight excluding hydrogens is 283 g/mol. The van der Waals surface area contributed by atoms with Crippen LogP contribution in [0.4, 0.5) is 13.2 Å². The van der Waals surface area contributed by atoms with Crippen LogP contribution in [0.1, 0.15) is 37.5 Å². The lowest BCUT2D eigenvalue weighted by atomic mass is 10.0. The largest absolute Gasteiger partial charge is 0.419 e. The monoisotopic (exact) mass is 299 g/mol. The van der Waals surface area contributed by atoms with Crippen molar-refractivity contribution in [1.82, 2.24) is 14.8 Å². The van der Waals surface area contributed by atoms with Gasteiger partial charge in [-0.3, -0.25) is 0 Å². The molecular formula is C14H16F3N3O. The Labute approximate surface area is 120 Å². The number of hydrogen-bond donors (Lipinski definition) is 1. The Morgan fingerprint density at radius 1 is 1.24 bits per heavy atom. The molecule has 0 spiro atoms. The maximum absolute atomic E-state index is 12.5. The van der Waals surface area contributed by atoms with Crippen LogP contribution < -0.4 is 0 Å². The number of nitrogens with zero attached hydrogens (tertiary/aromatic N) is 3. The molecule has 0 saturated carbocycles. The van der Waals surface area contributed by atoms with Gasteiger partial charge in [0, 0.05) is 12.4 Å². The molecule has 0 aliphatic rings. The number of aliphatic hydroxyl groups is 1. The van der Waals surface area contributed by atoms with Gasteiger partial charge in [0.1, 0.15) is 0 Å². The zero-order valence-electron chi connectivity index (χ0n) is 11.7. The summed E-state index contributed by atoms with van der Waals surface area (Å²) in [5.74, 6) is 0.603. The van der Waals surface area contributed by atoms with Crippen molar-refractivity contribution in [3.63, 3.8) is 0 Å². The summed E-state index contributed by atoms with van der Waals surface area (Å²) in [6, 6.07) is 3.18. The molecule has 0 saturated heterocycles. The Morgan fingerprint density at radius 3 is 2.43 bits per heavy atom. The molecule has 2 aromatic heterocycles. The second-order valence-corrected chi connectivity index (χ2v) is 5.27. The summed E-state index contributed by atoms with van der Waals surface area (Å²) in [5.41, 5.74) is -0.191. The molecule has 0 bridgehead atoms. The van der Waals surface area contributed by atoms with E-state index in [1.165, 1.54) is 12.3 Å². The molecule has 0 aliphatic heterocycles. The van der Waals surface area contributed by atoms with Crippen molar-refractivity contribution < 1.29 is 18.3 Å². The third kappa shape index (κ3) is 3.81. The highest BCUT2D eigenvalue weighted by atomic mass is 19.4. The molecule has 2 heterocycles. The zero-order chi connectivity index (χ0) is 15.6. The fraction of sp³-hybridized carbons (Fsp3) is 0.429. The van der Waals surface area contributed by atoms with Crippen LogP contribution in [-0.2, 0) is 6.18 Å². The van der Waals surface area contributed by atoms with Crippen molar-refractivity contribution >= 4 is 0 Å². The van der Waals surface area contributed by atoms with Gasteiger partial charge in [-0.05, 0) is 24.0 Å². The van der Waals surface area contributed by atoms with Gasteiger partial charge < -0.3 is 5.11 Å². The van der Waals surface area contributed by atoms with Gasteiger partial charge in [-0.2, -0.15) is 18.3 Å². The van der Waals surface area contributed by atoms with Crippen LogP contribution in [0.25, 0.3) is 5.82 Å². The summed E-state index contributed by atoms with van der Waals surface area (Å²) < 4.78 is 38.6. The van der Waals surface area contributed by atoms with Gasteiger partial charge in [0.15, 0.2) is 5.82 Å². The van der Waals surface area contributed by atoms with Crippen LogP contribution in [0.3, 0.4) is 0 Å². The van der Waals surface area contributed by atoms with E-state index in [9.17, 15) is 18.3 Å². The van der Waals surface area contributed by atoms with E-state index in [0.717, 1.165) is 17.1 Å². The molecule has 0 amide bonds. The Morgan fingerprint density at radius 2 is 1.95 bits per heavy atom. The van der Waals surface area contributed by atoms with E-state index in [2.05, 4.69) is 10.1 Å². The molecule has 1 N–H and O–H groups in total. The second-order valence-electron chi connectivity index (χ2n) is 5.27. The SMILES string of the molecule is CC(C)CC(O)c1ccc(-n2cc(C(F)(F)F)cn2)nc1. The van der Waals surface area contributed by atoms with E-state index in [-0.39, 0.29) is 5.82 Å². The molecule has 2 rings (SSSR count). The summed E-state index contributed by atoms with van der Waals surface area (Å²) in [6.45, 7) is 3.99. The van der Waals surface area contributed by atoms with Gasteiger partial charge in [-0.25, -0.2) is 9.67 Å². The molecule has 7 heteroatoms. The minimum absolute atomic E-state index is 0.269. The number of aromatic nitrogens is 3. The average Bonchev–Trinajstić information content (AvgIpc) is 2.87. The maximum atomic E-state index is 12.5. The Kier molecular flexibility index (Phi) is 4.32. The van der Waals surface area contributed by atoms with Crippen LogP contribution in [0.5, 0.6) is 0 Å². The first-order chi connectivity index (χ1) is 9.77. The normalized spacial score (nSPS) is 13.7. The van der Waals surface area contributed by atoms with Crippen molar-refractivity contribution in [3.05, 3.63) is 41.9 Å². The maximum Gasteiger partial charge on any atom is 0.419 e. The lowest BCUT2D eigenvalue weighted by Crippen LogP contribution is -2.05. The smallest absolute Gasteiger partial charge is 0.388 e. The van der Waals surface area contributed by atoms with Crippen molar-refractivity contribution in [3.8, 4) is 5.82 Å². The van der Waals surface area contributed by atoms with E-state index in [1.807, 2.05) is 13.8 Å². The van der Waals surface area contributed by atoms with Crippen molar-refractivity contribution in [1.29, 1.82) is 0 Å². The van der Waals surface area contributed by atoms with Crippen LogP contribution in [0.15, 0.2) is 30.7 Å². The summed E-state index contributed by atoms with van der Waals surface area (Å²) in [6.07, 6.45) is -1.37. The molecule has 1 unspecified atom stereocenters. The highest BCUT2D eigenvalue weighted by Gasteiger charge is 2.32. The quantitative estimate of drug-likeness (QED) is 0.941. The molecule has 2 aromatic rings. The highest BCUT2D eigenvalue weighted by Crippen LogP contribution is 2.29. The number of pyridine rings is 1. The predicted octanol–water partition coefficient (Wildman–Crippen LogP) is 3.37. The van der Waals surface area contributed by atoms with Gasteiger partial charge in [0.2, 0.25) is 0 Å². The lowest BCUT2D eigenvalue weighted by Gasteiger charge is -2.13. The molecule has 114 valence electrons. The van der Waals surface area contributed by atoms with Gasteiger partial charge in [0.25, 0.3) is 0 Å². The fourth-order valence-corrected chi connectivity index (χ4v) is 1.91. The Bertz CT molecular complexity index is 590. The predicted molar refractivity (Wildman–Crippen MR) is 70.8 cm³/mol. The van der Waals surface area contributed by atoms with Crippen LogP contribution in [0, 0.1) is 5.92 Å². The number of rotatable bonds is 4. The molecule has 0 aliphatic carbocycles. The molecule has 4 nitrogen and oxygen atoms in total. The first kappa shape index (κ1) is 15.5. The second kappa shape index (κ2) is 5.85. The fourth-order valence-electron chi connectivity index (χ4n) is 1.91. The van der Waals surface area contributed by atoms with Gasteiger partial charge in [0.05, 0.1) is 17.9 Å². The first-order valence-corrected chi connectivity index (χ1v) is 6.53. The standard InChI is InChI=1S/C14H16F3N3O/c1-9(2)5-12(21)10-3-4-13(18-6-10)20-8-11(7-19-20)14(15,16)17/h3-4,6-9,12,21H,5H2,1-2H3. The molecule has 1 atom stereocenters. The van der Waals surface area contributed by atoms with Crippen LogP contribution in [0.2, 0.25) is 0 Å². The van der Waals surface area contributed by atoms with Crippen molar-refractivity contribution in [2.45, 2.75) is 32.5 Å². The van der Waals surface area contributed by atoms with Crippen molar-refractivity contribution in [2.75, 3.05) is 0 Å². The minimum Gasteiger partial charge on any atom is -0.388 e. The number of hydrogen-bond acceptors (Lipinski definition) is 3. The number of alkyl halides is 3. The van der Waals surface area contributed by atoms with E-state index in [0.29, 0.717) is 17.9 Å². The van der Waals surface area contributed by atoms with Crippen LogP contribution >= 0.6 is 0 Å². The van der Waals surface area contributed by atoms with E-state index in [4.69, 9.17) is 0 Å². The molecule has 21 heavy (non-hydrogen) atoms. The summed E-state index contributed by atoms with van der Waals surface area (Å²) >= 11 is 0. The van der Waals surface area contributed by atoms with E-state index in [1.54, 1.807) is 6.07 Å². The Balaban J connectivity index is 2.17. The van der Waals surface area contributed by atoms with Gasteiger partial charge >= 0.3 is 6.18 Å². The summed E-state index contributed by atoms with van der Waals surface area (Å²) in [7, 11) is 0. The van der Waals surface area contributed by atoms with Gasteiger partial charge in [-0.15, -0.1) is 0 Å². The highest BCUT2D eigenvalue weighted by molar-refractivity contribution is 5.27. The molecule has 0 fully saturated rings. The topological polar surface area (TPSA) is 50.9 Å². The molecule has 0 radical (unpaired) electrons. The zero-order valence-corrected chi connectivity index (χ0v) is 11.7. The molecule has 0 aromatic carbocycles.